The summed E-state index contributed by atoms with van der Waals surface area (Å²) in [4.78, 5) is 17.0. The fourth-order valence-electron chi connectivity index (χ4n) is 1.98. The molecule has 1 N–H and O–H groups in total. The molecule has 0 aliphatic rings. The zero-order chi connectivity index (χ0) is 16.2. The monoisotopic (exact) mass is 338 g/mol. The van der Waals surface area contributed by atoms with E-state index in [-0.39, 0.29) is 18.1 Å². The van der Waals surface area contributed by atoms with E-state index >= 15 is 0 Å². The Morgan fingerprint density at radius 3 is 2.73 bits per heavy atom. The molecule has 2 aromatic rings. The summed E-state index contributed by atoms with van der Waals surface area (Å²) in [6.07, 6.45) is 3.40. The number of anilines is 1. The molecule has 1 aromatic heterocycles. The van der Waals surface area contributed by atoms with Gasteiger partial charge in [-0.3, -0.25) is 4.79 Å². The molecule has 0 bridgehead atoms. The van der Waals surface area contributed by atoms with Crippen LogP contribution in [0.15, 0.2) is 30.5 Å². The zero-order valence-corrected chi connectivity index (χ0v) is 14.1. The summed E-state index contributed by atoms with van der Waals surface area (Å²) in [5, 5.41) is 3.24. The lowest BCUT2D eigenvalue weighted by atomic mass is 10.1. The molecule has 1 heterocycles. The minimum atomic E-state index is -3.02. The number of rotatable bonds is 6. The van der Waals surface area contributed by atoms with Crippen molar-refractivity contribution in [1.82, 2.24) is 4.98 Å². The number of nitrogens with one attached hydrogen (secondary N) is 1. The minimum Gasteiger partial charge on any atom is -0.302 e. The molecule has 7 heteroatoms. The van der Waals surface area contributed by atoms with Crippen molar-refractivity contribution in [1.29, 1.82) is 0 Å². The number of aryl methyl sites for hydroxylation is 1. The highest BCUT2D eigenvalue weighted by Gasteiger charge is 2.10. The first kappa shape index (κ1) is 16.6. The van der Waals surface area contributed by atoms with Crippen LogP contribution < -0.4 is 5.32 Å². The molecule has 0 atom stereocenters. The first-order valence-corrected chi connectivity index (χ1v) is 9.72. The molecule has 1 amide bonds. The van der Waals surface area contributed by atoms with Crippen molar-refractivity contribution in [2.75, 3.05) is 17.3 Å². The number of nitrogens with zero attached hydrogens (tertiary/aromatic N) is 1. The van der Waals surface area contributed by atoms with Crippen molar-refractivity contribution in [3.8, 4) is 10.4 Å². The highest BCUT2D eigenvalue weighted by Crippen LogP contribution is 2.31. The third-order valence-corrected chi connectivity index (χ3v) is 5.06. The topological polar surface area (TPSA) is 76.1 Å². The maximum absolute atomic E-state index is 11.8. The summed E-state index contributed by atoms with van der Waals surface area (Å²) >= 11 is 1.41. The number of hydrogen-bond acceptors (Lipinski definition) is 5. The Balaban J connectivity index is 1.95. The Morgan fingerprint density at radius 2 is 2.05 bits per heavy atom. The first-order valence-electron chi connectivity index (χ1n) is 6.84. The summed E-state index contributed by atoms with van der Waals surface area (Å²) in [7, 11) is -3.02. The summed E-state index contributed by atoms with van der Waals surface area (Å²) in [6.45, 7) is 2.03. The van der Waals surface area contributed by atoms with Gasteiger partial charge in [-0.1, -0.05) is 35.6 Å². The van der Waals surface area contributed by atoms with Crippen LogP contribution in [0.25, 0.3) is 10.4 Å². The molecule has 0 aliphatic carbocycles. The third-order valence-electron chi connectivity index (χ3n) is 3.08. The van der Waals surface area contributed by atoms with E-state index < -0.39 is 9.84 Å². The van der Waals surface area contributed by atoms with Crippen LogP contribution in [0.2, 0.25) is 0 Å². The van der Waals surface area contributed by atoms with Crippen molar-refractivity contribution in [3.05, 3.63) is 36.0 Å². The molecule has 0 aliphatic heterocycles. The van der Waals surface area contributed by atoms with Gasteiger partial charge in [-0.15, -0.1) is 0 Å². The second-order valence-corrected chi connectivity index (χ2v) is 8.42. The molecule has 0 radical (unpaired) electrons. The van der Waals surface area contributed by atoms with E-state index in [1.807, 2.05) is 31.2 Å². The number of carbonyl (C=O) groups excluding carboxylic acids is 1. The number of sulfone groups is 1. The minimum absolute atomic E-state index is 0.0206. The number of benzene rings is 1. The number of thiazole rings is 1. The molecule has 0 unspecified atom stereocenters. The Labute approximate surface area is 134 Å². The molecular weight excluding hydrogens is 320 g/mol. The van der Waals surface area contributed by atoms with Gasteiger partial charge in [-0.05, 0) is 24.5 Å². The van der Waals surface area contributed by atoms with E-state index in [0.717, 1.165) is 16.0 Å². The van der Waals surface area contributed by atoms with E-state index in [1.165, 1.54) is 17.6 Å². The van der Waals surface area contributed by atoms with E-state index in [2.05, 4.69) is 10.3 Å². The van der Waals surface area contributed by atoms with Gasteiger partial charge in [0.2, 0.25) is 5.91 Å². The van der Waals surface area contributed by atoms with Gasteiger partial charge >= 0.3 is 0 Å². The molecule has 5 nitrogen and oxygen atoms in total. The third kappa shape index (κ3) is 4.92. The molecule has 0 fully saturated rings. The SMILES string of the molecule is Cc1ccccc1-c1cnc(NC(=O)CCCS(C)(=O)=O)s1. The van der Waals surface area contributed by atoms with Crippen molar-refractivity contribution >= 4 is 32.2 Å². The second kappa shape index (κ2) is 7.02. The highest BCUT2D eigenvalue weighted by atomic mass is 32.2. The normalized spacial score (nSPS) is 11.4. The standard InChI is InChI=1S/C15H18N2O3S2/c1-11-6-3-4-7-12(11)13-10-16-15(21-13)17-14(18)8-5-9-22(2,19)20/h3-4,6-7,10H,5,8-9H2,1-2H3,(H,16,17,18). The van der Waals surface area contributed by atoms with Crippen LogP contribution in [0.4, 0.5) is 5.13 Å². The predicted octanol–water partition coefficient (Wildman–Crippen LogP) is 2.88. The van der Waals surface area contributed by atoms with Crippen molar-refractivity contribution in [3.63, 3.8) is 0 Å². The van der Waals surface area contributed by atoms with E-state index in [4.69, 9.17) is 0 Å². The number of aromatic nitrogens is 1. The fraction of sp³-hybridized carbons (Fsp3) is 0.333. The Hall–Kier alpha value is -1.73. The predicted molar refractivity (Wildman–Crippen MR) is 89.9 cm³/mol. The van der Waals surface area contributed by atoms with E-state index in [9.17, 15) is 13.2 Å². The van der Waals surface area contributed by atoms with Gasteiger partial charge in [0.1, 0.15) is 9.84 Å². The van der Waals surface area contributed by atoms with Gasteiger partial charge in [0.25, 0.3) is 0 Å². The number of carbonyl (C=O) groups is 1. The lowest BCUT2D eigenvalue weighted by molar-refractivity contribution is -0.116. The van der Waals surface area contributed by atoms with Gasteiger partial charge in [0.05, 0.1) is 10.6 Å². The van der Waals surface area contributed by atoms with Crippen LogP contribution in [0, 0.1) is 6.92 Å². The number of amides is 1. The zero-order valence-electron chi connectivity index (χ0n) is 12.5. The van der Waals surface area contributed by atoms with Gasteiger partial charge in [-0.2, -0.15) is 0 Å². The first-order chi connectivity index (χ1) is 10.3. The average Bonchev–Trinajstić information content (AvgIpc) is 2.86. The van der Waals surface area contributed by atoms with Crippen LogP contribution >= 0.6 is 11.3 Å². The molecule has 22 heavy (non-hydrogen) atoms. The molecular formula is C15H18N2O3S2. The summed E-state index contributed by atoms with van der Waals surface area (Å²) in [5.74, 6) is -0.193. The number of hydrogen-bond donors (Lipinski definition) is 1. The average molecular weight is 338 g/mol. The van der Waals surface area contributed by atoms with Crippen LogP contribution in [-0.2, 0) is 14.6 Å². The van der Waals surface area contributed by atoms with Crippen LogP contribution in [0.5, 0.6) is 0 Å². The quantitative estimate of drug-likeness (QED) is 0.878. The summed E-state index contributed by atoms with van der Waals surface area (Å²) in [5.41, 5.74) is 2.25. The van der Waals surface area contributed by atoms with Crippen LogP contribution in [-0.4, -0.2) is 31.3 Å². The van der Waals surface area contributed by atoms with E-state index in [1.54, 1.807) is 6.20 Å². The molecule has 0 saturated carbocycles. The smallest absolute Gasteiger partial charge is 0.226 e. The van der Waals surface area contributed by atoms with E-state index in [0.29, 0.717) is 11.6 Å². The largest absolute Gasteiger partial charge is 0.302 e. The molecule has 0 saturated heterocycles. The maximum atomic E-state index is 11.8. The van der Waals surface area contributed by atoms with Gasteiger partial charge in [0, 0.05) is 18.9 Å². The molecule has 2 rings (SSSR count). The summed E-state index contributed by atoms with van der Waals surface area (Å²) < 4.78 is 22.0. The lowest BCUT2D eigenvalue weighted by Gasteiger charge is -2.02. The Morgan fingerprint density at radius 1 is 1.32 bits per heavy atom. The summed E-state index contributed by atoms with van der Waals surface area (Å²) in [6, 6.07) is 7.98. The van der Waals surface area contributed by atoms with Gasteiger partial charge in [-0.25, -0.2) is 13.4 Å². The molecule has 1 aromatic carbocycles. The van der Waals surface area contributed by atoms with Gasteiger partial charge in [0.15, 0.2) is 5.13 Å². The van der Waals surface area contributed by atoms with Crippen molar-refractivity contribution in [2.45, 2.75) is 19.8 Å². The lowest BCUT2D eigenvalue weighted by Crippen LogP contribution is -2.13. The Kier molecular flexibility index (Phi) is 5.31. The Bertz CT molecular complexity index is 767. The second-order valence-electron chi connectivity index (χ2n) is 5.13. The van der Waals surface area contributed by atoms with Gasteiger partial charge < -0.3 is 5.32 Å². The van der Waals surface area contributed by atoms with Crippen LogP contribution in [0.3, 0.4) is 0 Å². The molecule has 0 spiro atoms. The molecule has 118 valence electrons. The van der Waals surface area contributed by atoms with Crippen LogP contribution in [0.1, 0.15) is 18.4 Å². The highest BCUT2D eigenvalue weighted by molar-refractivity contribution is 7.90. The maximum Gasteiger partial charge on any atom is 0.226 e. The van der Waals surface area contributed by atoms with Crippen molar-refractivity contribution < 1.29 is 13.2 Å². The van der Waals surface area contributed by atoms with Crippen molar-refractivity contribution in [2.24, 2.45) is 0 Å². The fourth-order valence-corrected chi connectivity index (χ4v) is 3.57.